The van der Waals surface area contributed by atoms with Gasteiger partial charge in [0.25, 0.3) is 0 Å². The summed E-state index contributed by atoms with van der Waals surface area (Å²) in [6.45, 7) is 8.68. The number of nitrogens with one attached hydrogen (secondary N) is 1. The molecule has 1 fully saturated rings. The molecule has 2 aromatic rings. The zero-order valence-electron chi connectivity index (χ0n) is 15.9. The SMILES string of the molecule is Cc1ccc(C)c(S(=O)(=O)NCCCN2CCN(c3ncccn3)CC2)c1. The van der Waals surface area contributed by atoms with Gasteiger partial charge in [0.2, 0.25) is 16.0 Å². The fraction of sp³-hybridized carbons (Fsp3) is 0.474. The molecule has 0 unspecified atom stereocenters. The number of aromatic nitrogens is 2. The molecule has 27 heavy (non-hydrogen) atoms. The molecule has 0 amide bonds. The third-order valence-corrected chi connectivity index (χ3v) is 6.39. The maximum Gasteiger partial charge on any atom is 0.240 e. The van der Waals surface area contributed by atoms with Crippen molar-refractivity contribution in [2.75, 3.05) is 44.2 Å². The molecule has 7 nitrogen and oxygen atoms in total. The van der Waals surface area contributed by atoms with Gasteiger partial charge in [0.1, 0.15) is 0 Å². The van der Waals surface area contributed by atoms with Crippen molar-refractivity contribution in [2.45, 2.75) is 25.2 Å². The van der Waals surface area contributed by atoms with Crippen molar-refractivity contribution in [2.24, 2.45) is 0 Å². The number of rotatable bonds is 7. The second-order valence-corrected chi connectivity index (χ2v) is 8.63. The Kier molecular flexibility index (Phi) is 6.41. The van der Waals surface area contributed by atoms with Gasteiger partial charge in [0.05, 0.1) is 4.90 Å². The van der Waals surface area contributed by atoms with Gasteiger partial charge in [-0.15, -0.1) is 0 Å². The fourth-order valence-corrected chi connectivity index (χ4v) is 4.61. The summed E-state index contributed by atoms with van der Waals surface area (Å²) in [7, 11) is -3.45. The quantitative estimate of drug-likeness (QED) is 0.725. The summed E-state index contributed by atoms with van der Waals surface area (Å²) in [5, 5.41) is 0. The zero-order chi connectivity index (χ0) is 19.3. The van der Waals surface area contributed by atoms with Crippen LogP contribution in [0.5, 0.6) is 0 Å². The number of sulfonamides is 1. The van der Waals surface area contributed by atoms with Crippen LogP contribution in [0.2, 0.25) is 0 Å². The monoisotopic (exact) mass is 389 g/mol. The minimum Gasteiger partial charge on any atom is -0.338 e. The predicted octanol–water partition coefficient (Wildman–Crippen LogP) is 1.58. The van der Waals surface area contributed by atoms with Crippen molar-refractivity contribution in [3.63, 3.8) is 0 Å². The lowest BCUT2D eigenvalue weighted by atomic mass is 10.2. The third-order valence-electron chi connectivity index (χ3n) is 4.78. The van der Waals surface area contributed by atoms with Gasteiger partial charge in [-0.25, -0.2) is 23.1 Å². The molecule has 146 valence electrons. The molecule has 1 saturated heterocycles. The summed E-state index contributed by atoms with van der Waals surface area (Å²) in [4.78, 5) is 13.5. The first-order chi connectivity index (χ1) is 13.0. The average Bonchev–Trinajstić information content (AvgIpc) is 2.68. The van der Waals surface area contributed by atoms with E-state index in [1.807, 2.05) is 32.0 Å². The molecular weight excluding hydrogens is 362 g/mol. The topological polar surface area (TPSA) is 78.4 Å². The highest BCUT2D eigenvalue weighted by Gasteiger charge is 2.19. The van der Waals surface area contributed by atoms with E-state index in [0.29, 0.717) is 11.4 Å². The minimum atomic E-state index is -3.45. The van der Waals surface area contributed by atoms with Crippen LogP contribution in [-0.4, -0.2) is 62.6 Å². The van der Waals surface area contributed by atoms with Gasteiger partial charge in [-0.05, 0) is 50.1 Å². The molecule has 1 aromatic heterocycles. The van der Waals surface area contributed by atoms with Crippen LogP contribution in [0.25, 0.3) is 0 Å². The van der Waals surface area contributed by atoms with E-state index < -0.39 is 10.0 Å². The highest BCUT2D eigenvalue weighted by molar-refractivity contribution is 7.89. The largest absolute Gasteiger partial charge is 0.338 e. The summed E-state index contributed by atoms with van der Waals surface area (Å²) in [6.07, 6.45) is 4.31. The summed E-state index contributed by atoms with van der Waals surface area (Å²) < 4.78 is 27.8. The zero-order valence-corrected chi connectivity index (χ0v) is 16.7. The number of hydrogen-bond donors (Lipinski definition) is 1. The van der Waals surface area contributed by atoms with Crippen LogP contribution in [0.1, 0.15) is 17.5 Å². The van der Waals surface area contributed by atoms with Gasteiger partial charge in [0.15, 0.2) is 0 Å². The summed E-state index contributed by atoms with van der Waals surface area (Å²) in [5.74, 6) is 0.776. The molecule has 0 aliphatic carbocycles. The molecule has 0 saturated carbocycles. The van der Waals surface area contributed by atoms with Crippen LogP contribution in [0.3, 0.4) is 0 Å². The molecule has 2 heterocycles. The summed E-state index contributed by atoms with van der Waals surface area (Å²) in [6, 6.07) is 7.32. The number of anilines is 1. The number of nitrogens with zero attached hydrogens (tertiary/aromatic N) is 4. The second-order valence-electron chi connectivity index (χ2n) is 6.90. The molecule has 0 atom stereocenters. The Morgan fingerprint density at radius 1 is 1.07 bits per heavy atom. The molecule has 1 N–H and O–H groups in total. The van der Waals surface area contributed by atoms with E-state index in [9.17, 15) is 8.42 Å². The van der Waals surface area contributed by atoms with Crippen molar-refractivity contribution in [3.8, 4) is 0 Å². The predicted molar refractivity (Wildman–Crippen MR) is 106 cm³/mol. The van der Waals surface area contributed by atoms with E-state index in [4.69, 9.17) is 0 Å². The van der Waals surface area contributed by atoms with E-state index in [1.54, 1.807) is 18.5 Å². The highest BCUT2D eigenvalue weighted by Crippen LogP contribution is 2.16. The van der Waals surface area contributed by atoms with Gasteiger partial charge in [0, 0.05) is 45.1 Å². The van der Waals surface area contributed by atoms with Crippen LogP contribution in [0.15, 0.2) is 41.6 Å². The molecule has 3 rings (SSSR count). The van der Waals surface area contributed by atoms with Crippen molar-refractivity contribution < 1.29 is 8.42 Å². The first kappa shape index (κ1) is 19.7. The second kappa shape index (κ2) is 8.77. The molecular formula is C19H27N5O2S. The Morgan fingerprint density at radius 3 is 2.48 bits per heavy atom. The highest BCUT2D eigenvalue weighted by atomic mass is 32.2. The van der Waals surface area contributed by atoms with Crippen LogP contribution < -0.4 is 9.62 Å². The lowest BCUT2D eigenvalue weighted by Crippen LogP contribution is -2.47. The normalized spacial score (nSPS) is 15.9. The summed E-state index contributed by atoms with van der Waals surface area (Å²) >= 11 is 0. The Bertz CT molecular complexity index is 850. The van der Waals surface area contributed by atoms with E-state index in [2.05, 4.69) is 24.5 Å². The standard InChI is InChI=1S/C19H27N5O2S/c1-16-5-6-17(2)18(15-16)27(25,26)22-9-4-10-23-11-13-24(14-12-23)19-20-7-3-8-21-19/h3,5-8,15,22H,4,9-14H2,1-2H3. The number of hydrogen-bond acceptors (Lipinski definition) is 6. The molecule has 1 aliphatic rings. The lowest BCUT2D eigenvalue weighted by molar-refractivity contribution is 0.254. The molecule has 1 aliphatic heterocycles. The number of piperazine rings is 1. The minimum absolute atomic E-state index is 0.374. The maximum atomic E-state index is 12.5. The van der Waals surface area contributed by atoms with E-state index in [0.717, 1.165) is 56.2 Å². The van der Waals surface area contributed by atoms with E-state index >= 15 is 0 Å². The number of aryl methyl sites for hydroxylation is 2. The Labute approximate surface area is 161 Å². The van der Waals surface area contributed by atoms with Gasteiger partial charge < -0.3 is 4.90 Å². The van der Waals surface area contributed by atoms with Crippen LogP contribution in [-0.2, 0) is 10.0 Å². The molecule has 0 bridgehead atoms. The van der Waals surface area contributed by atoms with Gasteiger partial charge in [-0.1, -0.05) is 12.1 Å². The van der Waals surface area contributed by atoms with Crippen LogP contribution in [0.4, 0.5) is 5.95 Å². The Balaban J connectivity index is 1.42. The van der Waals surface area contributed by atoms with Crippen LogP contribution >= 0.6 is 0 Å². The van der Waals surface area contributed by atoms with Crippen molar-refractivity contribution in [3.05, 3.63) is 47.8 Å². The first-order valence-corrected chi connectivity index (χ1v) is 10.8. The van der Waals surface area contributed by atoms with Gasteiger partial charge >= 0.3 is 0 Å². The van der Waals surface area contributed by atoms with Crippen molar-refractivity contribution in [1.82, 2.24) is 19.6 Å². The fourth-order valence-electron chi connectivity index (χ4n) is 3.21. The smallest absolute Gasteiger partial charge is 0.240 e. The van der Waals surface area contributed by atoms with Crippen LogP contribution in [0, 0.1) is 13.8 Å². The van der Waals surface area contributed by atoms with E-state index in [-0.39, 0.29) is 0 Å². The van der Waals surface area contributed by atoms with E-state index in [1.165, 1.54) is 0 Å². The molecule has 0 radical (unpaired) electrons. The molecule has 8 heteroatoms. The maximum absolute atomic E-state index is 12.5. The van der Waals surface area contributed by atoms with Crippen molar-refractivity contribution in [1.29, 1.82) is 0 Å². The van der Waals surface area contributed by atoms with Gasteiger partial charge in [-0.3, -0.25) is 4.90 Å². The average molecular weight is 390 g/mol. The molecule has 0 spiro atoms. The van der Waals surface area contributed by atoms with Gasteiger partial charge in [-0.2, -0.15) is 0 Å². The number of benzene rings is 1. The third kappa shape index (κ3) is 5.24. The lowest BCUT2D eigenvalue weighted by Gasteiger charge is -2.34. The Morgan fingerprint density at radius 2 is 1.78 bits per heavy atom. The Hall–Kier alpha value is -2.03. The molecule has 1 aromatic carbocycles. The summed E-state index contributed by atoms with van der Waals surface area (Å²) in [5.41, 5.74) is 1.72. The first-order valence-electron chi connectivity index (χ1n) is 9.27. The van der Waals surface area contributed by atoms with Crippen molar-refractivity contribution >= 4 is 16.0 Å².